The van der Waals surface area contributed by atoms with Crippen molar-refractivity contribution in [3.8, 4) is 28.3 Å². The molecular weight excluding hydrogens is 420 g/mol. The fourth-order valence-corrected chi connectivity index (χ4v) is 3.49. The third kappa shape index (κ3) is 6.29. The Bertz CT molecular complexity index is 1130. The molecule has 0 bridgehead atoms. The van der Waals surface area contributed by atoms with E-state index in [1.165, 1.54) is 12.8 Å². The Morgan fingerprint density at radius 1 is 0.794 bits per heavy atom. The lowest BCUT2D eigenvalue weighted by atomic mass is 10.1. The van der Waals surface area contributed by atoms with Crippen LogP contribution in [-0.4, -0.2) is 29.8 Å². The summed E-state index contributed by atoms with van der Waals surface area (Å²) in [6, 6.07) is 30.2. The van der Waals surface area contributed by atoms with Crippen molar-refractivity contribution in [1.29, 1.82) is 0 Å². The molecule has 5 heteroatoms. The molecular formula is C29H30N4O. The summed E-state index contributed by atoms with van der Waals surface area (Å²) in [7, 11) is 1.86. The van der Waals surface area contributed by atoms with E-state index in [2.05, 4.69) is 36.3 Å². The second-order valence-electron chi connectivity index (χ2n) is 8.06. The van der Waals surface area contributed by atoms with Gasteiger partial charge in [-0.1, -0.05) is 80.4 Å². The van der Waals surface area contributed by atoms with Gasteiger partial charge in [0.05, 0.1) is 24.2 Å². The first-order chi connectivity index (χ1) is 16.7. The molecule has 5 nitrogen and oxygen atoms in total. The van der Waals surface area contributed by atoms with E-state index in [1.807, 2.05) is 80.0 Å². The van der Waals surface area contributed by atoms with Crippen molar-refractivity contribution >= 4 is 12.2 Å². The number of hydrogen-bond acceptors (Lipinski definition) is 5. The maximum Gasteiger partial charge on any atom is 0.247 e. The van der Waals surface area contributed by atoms with Crippen LogP contribution in [-0.2, 0) is 0 Å². The predicted molar refractivity (Wildman–Crippen MR) is 140 cm³/mol. The largest absolute Gasteiger partial charge is 0.494 e. The lowest BCUT2D eigenvalue weighted by Crippen LogP contribution is -2.13. The van der Waals surface area contributed by atoms with Gasteiger partial charge < -0.3 is 4.74 Å². The van der Waals surface area contributed by atoms with Crippen molar-refractivity contribution in [3.05, 3.63) is 96.6 Å². The number of ether oxygens (including phenoxy) is 1. The first kappa shape index (κ1) is 23.2. The van der Waals surface area contributed by atoms with E-state index >= 15 is 0 Å². The molecule has 0 saturated heterocycles. The molecule has 34 heavy (non-hydrogen) atoms. The van der Waals surface area contributed by atoms with Crippen LogP contribution in [0, 0.1) is 0 Å². The zero-order valence-electron chi connectivity index (χ0n) is 19.8. The van der Waals surface area contributed by atoms with Crippen LogP contribution >= 0.6 is 0 Å². The molecule has 0 aliphatic rings. The number of nitrogens with zero attached hydrogens (tertiary/aromatic N) is 4. The molecule has 3 aromatic carbocycles. The molecule has 1 aromatic heterocycles. The van der Waals surface area contributed by atoms with E-state index in [4.69, 9.17) is 14.7 Å². The smallest absolute Gasteiger partial charge is 0.247 e. The second kappa shape index (κ2) is 11.8. The van der Waals surface area contributed by atoms with Crippen molar-refractivity contribution in [1.82, 2.24) is 9.97 Å². The van der Waals surface area contributed by atoms with E-state index in [1.54, 1.807) is 5.01 Å². The number of benzene rings is 3. The zero-order chi connectivity index (χ0) is 23.6. The average molecular weight is 451 g/mol. The molecule has 0 spiro atoms. The van der Waals surface area contributed by atoms with Gasteiger partial charge >= 0.3 is 0 Å². The van der Waals surface area contributed by atoms with Crippen molar-refractivity contribution in [2.24, 2.45) is 5.10 Å². The highest BCUT2D eigenvalue weighted by molar-refractivity contribution is 5.80. The van der Waals surface area contributed by atoms with Gasteiger partial charge in [0, 0.05) is 18.2 Å². The Labute approximate surface area is 201 Å². The molecule has 0 fully saturated rings. The van der Waals surface area contributed by atoms with E-state index in [-0.39, 0.29) is 0 Å². The van der Waals surface area contributed by atoms with Gasteiger partial charge in [0.25, 0.3) is 0 Å². The van der Waals surface area contributed by atoms with Crippen LogP contribution in [0.1, 0.15) is 31.7 Å². The van der Waals surface area contributed by atoms with Gasteiger partial charge in [0.15, 0.2) is 0 Å². The van der Waals surface area contributed by atoms with Crippen LogP contribution in [0.3, 0.4) is 0 Å². The molecule has 4 rings (SSSR count). The molecule has 172 valence electrons. The number of hydrogen-bond donors (Lipinski definition) is 0. The van der Waals surface area contributed by atoms with E-state index in [0.717, 1.165) is 46.9 Å². The summed E-state index contributed by atoms with van der Waals surface area (Å²) < 4.78 is 5.79. The molecule has 0 unspecified atom stereocenters. The zero-order valence-corrected chi connectivity index (χ0v) is 19.8. The number of unbranched alkanes of at least 4 members (excludes halogenated alkanes) is 2. The monoisotopic (exact) mass is 450 g/mol. The van der Waals surface area contributed by atoms with Crippen molar-refractivity contribution < 1.29 is 4.74 Å². The average Bonchev–Trinajstić information content (AvgIpc) is 2.91. The molecule has 0 saturated carbocycles. The number of aromatic nitrogens is 2. The maximum absolute atomic E-state index is 5.79. The lowest BCUT2D eigenvalue weighted by molar-refractivity contribution is 0.306. The molecule has 4 aromatic rings. The standard InChI is InChI=1S/C29H30N4O/c1-3-4-11-20-34-26-18-16-23(17-19-26)22-30-33(2)29-31-27(24-12-7-5-8-13-24)21-28(32-29)25-14-9-6-10-15-25/h5-10,12-19,21-22H,3-4,11,20H2,1-2H3. The van der Waals surface area contributed by atoms with Crippen molar-refractivity contribution in [2.75, 3.05) is 18.7 Å². The maximum atomic E-state index is 5.79. The third-order valence-electron chi connectivity index (χ3n) is 5.42. The fourth-order valence-electron chi connectivity index (χ4n) is 3.49. The summed E-state index contributed by atoms with van der Waals surface area (Å²) in [5, 5.41) is 6.30. The molecule has 0 amide bonds. The molecule has 0 atom stereocenters. The second-order valence-corrected chi connectivity index (χ2v) is 8.06. The highest BCUT2D eigenvalue weighted by Crippen LogP contribution is 2.26. The Kier molecular flexibility index (Phi) is 8.01. The minimum Gasteiger partial charge on any atom is -0.494 e. The fraction of sp³-hybridized carbons (Fsp3) is 0.207. The lowest BCUT2D eigenvalue weighted by Gasteiger charge is -2.14. The highest BCUT2D eigenvalue weighted by atomic mass is 16.5. The quantitative estimate of drug-likeness (QED) is 0.151. The summed E-state index contributed by atoms with van der Waals surface area (Å²) in [5.41, 5.74) is 4.77. The van der Waals surface area contributed by atoms with E-state index in [0.29, 0.717) is 5.95 Å². The first-order valence-electron chi connectivity index (χ1n) is 11.7. The third-order valence-corrected chi connectivity index (χ3v) is 5.42. The Morgan fingerprint density at radius 2 is 1.38 bits per heavy atom. The minimum atomic E-state index is 0.535. The van der Waals surface area contributed by atoms with E-state index in [9.17, 15) is 0 Å². The van der Waals surface area contributed by atoms with Gasteiger partial charge in [-0.3, -0.25) is 0 Å². The topological polar surface area (TPSA) is 50.6 Å². The van der Waals surface area contributed by atoms with Crippen LogP contribution in [0.5, 0.6) is 5.75 Å². The summed E-state index contributed by atoms with van der Waals surface area (Å²) in [4.78, 5) is 9.57. The summed E-state index contributed by atoms with van der Waals surface area (Å²) >= 11 is 0. The molecule has 0 N–H and O–H groups in total. The summed E-state index contributed by atoms with van der Waals surface area (Å²) in [6.45, 7) is 2.94. The minimum absolute atomic E-state index is 0.535. The van der Waals surface area contributed by atoms with Crippen LogP contribution in [0.25, 0.3) is 22.5 Å². The highest BCUT2D eigenvalue weighted by Gasteiger charge is 2.11. The SMILES string of the molecule is CCCCCOc1ccc(C=NN(C)c2nc(-c3ccccc3)cc(-c3ccccc3)n2)cc1. The van der Waals surface area contributed by atoms with Gasteiger partial charge in [0.2, 0.25) is 5.95 Å². The van der Waals surface area contributed by atoms with Crippen molar-refractivity contribution in [3.63, 3.8) is 0 Å². The Hall–Kier alpha value is -3.99. The summed E-state index contributed by atoms with van der Waals surface area (Å²) in [5.74, 6) is 1.42. The Morgan fingerprint density at radius 3 is 1.94 bits per heavy atom. The van der Waals surface area contributed by atoms with Crippen LogP contribution < -0.4 is 9.75 Å². The molecule has 0 aliphatic heterocycles. The van der Waals surface area contributed by atoms with Gasteiger partial charge in [0.1, 0.15) is 5.75 Å². The van der Waals surface area contributed by atoms with Crippen LogP contribution in [0.15, 0.2) is 96.1 Å². The molecule has 0 aliphatic carbocycles. The Balaban J connectivity index is 1.54. The van der Waals surface area contributed by atoms with Crippen LogP contribution in [0.2, 0.25) is 0 Å². The van der Waals surface area contributed by atoms with Gasteiger partial charge in [-0.05, 0) is 42.3 Å². The first-order valence-corrected chi connectivity index (χ1v) is 11.7. The van der Waals surface area contributed by atoms with Crippen LogP contribution in [0.4, 0.5) is 5.95 Å². The number of anilines is 1. The normalized spacial score (nSPS) is 11.0. The molecule has 0 radical (unpaired) electrons. The van der Waals surface area contributed by atoms with Gasteiger partial charge in [-0.2, -0.15) is 5.10 Å². The van der Waals surface area contributed by atoms with Gasteiger partial charge in [-0.25, -0.2) is 15.0 Å². The number of rotatable bonds is 10. The van der Waals surface area contributed by atoms with E-state index < -0.39 is 0 Å². The van der Waals surface area contributed by atoms with Crippen molar-refractivity contribution in [2.45, 2.75) is 26.2 Å². The number of hydrazone groups is 1. The molecule has 1 heterocycles. The predicted octanol–water partition coefficient (Wildman–Crippen LogP) is 6.85. The van der Waals surface area contributed by atoms with Gasteiger partial charge in [-0.15, -0.1) is 0 Å². The summed E-state index contributed by atoms with van der Waals surface area (Å²) in [6.07, 6.45) is 5.27.